The summed E-state index contributed by atoms with van der Waals surface area (Å²) in [6.07, 6.45) is 0. The number of carbonyl (C=O) groups excluding carboxylic acids is 2. The van der Waals surface area contributed by atoms with Gasteiger partial charge in [0.1, 0.15) is 5.82 Å². The standard InChI is InChI=1S/C13H18FN3O2/c1-8-3-4-10(7-11(8)14)13(19)17-6-5-16-12(18)9(2)15/h3-4,7,9H,5-6,15H2,1-2H3,(H,16,18)(H,17,19)/t9-/m1/s1. The molecule has 0 aliphatic rings. The van der Waals surface area contributed by atoms with Crippen molar-refractivity contribution in [2.45, 2.75) is 19.9 Å². The summed E-state index contributed by atoms with van der Waals surface area (Å²) >= 11 is 0. The SMILES string of the molecule is Cc1ccc(C(=O)NCCNC(=O)[C@@H](C)N)cc1F. The summed E-state index contributed by atoms with van der Waals surface area (Å²) in [7, 11) is 0. The van der Waals surface area contributed by atoms with E-state index >= 15 is 0 Å². The van der Waals surface area contributed by atoms with E-state index < -0.39 is 11.9 Å². The first-order chi connectivity index (χ1) is 8.91. The van der Waals surface area contributed by atoms with Crippen LogP contribution in [0.3, 0.4) is 0 Å². The van der Waals surface area contributed by atoms with Crippen molar-refractivity contribution < 1.29 is 14.0 Å². The molecule has 0 aliphatic carbocycles. The lowest BCUT2D eigenvalue weighted by Crippen LogP contribution is -2.42. The zero-order valence-corrected chi connectivity index (χ0v) is 11.0. The summed E-state index contributed by atoms with van der Waals surface area (Å²) < 4.78 is 13.3. The quantitative estimate of drug-likeness (QED) is 0.672. The minimum Gasteiger partial charge on any atom is -0.353 e. The Morgan fingerprint density at radius 1 is 1.32 bits per heavy atom. The molecular formula is C13H18FN3O2. The normalized spacial score (nSPS) is 11.8. The Morgan fingerprint density at radius 2 is 1.95 bits per heavy atom. The molecule has 0 fully saturated rings. The second-order valence-corrected chi connectivity index (χ2v) is 4.30. The van der Waals surface area contributed by atoms with Gasteiger partial charge in [0.2, 0.25) is 5.91 Å². The molecular weight excluding hydrogens is 249 g/mol. The predicted octanol–water partition coefficient (Wildman–Crippen LogP) is 0.327. The number of carbonyl (C=O) groups is 2. The largest absolute Gasteiger partial charge is 0.353 e. The topological polar surface area (TPSA) is 84.2 Å². The van der Waals surface area contributed by atoms with E-state index in [9.17, 15) is 14.0 Å². The molecule has 6 heteroatoms. The van der Waals surface area contributed by atoms with Crippen molar-refractivity contribution in [3.8, 4) is 0 Å². The van der Waals surface area contributed by atoms with E-state index in [0.717, 1.165) is 0 Å². The third-order valence-corrected chi connectivity index (χ3v) is 2.56. The molecule has 1 atom stereocenters. The maximum Gasteiger partial charge on any atom is 0.251 e. The van der Waals surface area contributed by atoms with Crippen molar-refractivity contribution in [1.82, 2.24) is 10.6 Å². The van der Waals surface area contributed by atoms with Crippen LogP contribution in [0.2, 0.25) is 0 Å². The number of amides is 2. The van der Waals surface area contributed by atoms with Crippen molar-refractivity contribution >= 4 is 11.8 Å². The number of hydrogen-bond acceptors (Lipinski definition) is 3. The van der Waals surface area contributed by atoms with Crippen LogP contribution in [0.4, 0.5) is 4.39 Å². The number of nitrogens with one attached hydrogen (secondary N) is 2. The molecule has 4 N–H and O–H groups in total. The second kappa shape index (κ2) is 6.84. The zero-order chi connectivity index (χ0) is 14.4. The number of aryl methyl sites for hydroxylation is 1. The molecule has 2 amide bonds. The molecule has 0 saturated carbocycles. The number of rotatable bonds is 5. The van der Waals surface area contributed by atoms with E-state index in [1.54, 1.807) is 26.0 Å². The summed E-state index contributed by atoms with van der Waals surface area (Å²) in [5.74, 6) is -1.08. The monoisotopic (exact) mass is 267 g/mol. The average molecular weight is 267 g/mol. The summed E-state index contributed by atoms with van der Waals surface area (Å²) in [5.41, 5.74) is 6.10. The lowest BCUT2D eigenvalue weighted by atomic mass is 10.1. The average Bonchev–Trinajstić information content (AvgIpc) is 2.37. The van der Waals surface area contributed by atoms with Crippen molar-refractivity contribution in [3.63, 3.8) is 0 Å². The number of hydrogen-bond donors (Lipinski definition) is 3. The fraction of sp³-hybridized carbons (Fsp3) is 0.385. The van der Waals surface area contributed by atoms with Crippen LogP contribution in [-0.4, -0.2) is 30.9 Å². The van der Waals surface area contributed by atoms with Crippen LogP contribution >= 0.6 is 0 Å². The highest BCUT2D eigenvalue weighted by molar-refractivity contribution is 5.94. The molecule has 0 saturated heterocycles. The van der Waals surface area contributed by atoms with Gasteiger partial charge in [-0.2, -0.15) is 0 Å². The summed E-state index contributed by atoms with van der Waals surface area (Å²) in [5, 5.41) is 5.14. The van der Waals surface area contributed by atoms with E-state index in [2.05, 4.69) is 10.6 Å². The van der Waals surface area contributed by atoms with Gasteiger partial charge in [-0.25, -0.2) is 4.39 Å². The summed E-state index contributed by atoms with van der Waals surface area (Å²) in [6.45, 7) is 3.73. The van der Waals surface area contributed by atoms with Gasteiger partial charge in [0, 0.05) is 18.7 Å². The molecule has 0 radical (unpaired) electrons. The molecule has 1 rings (SSSR count). The lowest BCUT2D eigenvalue weighted by Gasteiger charge is -2.09. The smallest absolute Gasteiger partial charge is 0.251 e. The molecule has 19 heavy (non-hydrogen) atoms. The third-order valence-electron chi connectivity index (χ3n) is 2.56. The van der Waals surface area contributed by atoms with E-state index in [1.807, 2.05) is 0 Å². The molecule has 1 aromatic rings. The van der Waals surface area contributed by atoms with Crippen molar-refractivity contribution in [1.29, 1.82) is 0 Å². The Hall–Kier alpha value is -1.95. The molecule has 5 nitrogen and oxygen atoms in total. The number of nitrogens with two attached hydrogens (primary N) is 1. The van der Waals surface area contributed by atoms with Crippen LogP contribution in [0.1, 0.15) is 22.8 Å². The van der Waals surface area contributed by atoms with Crippen LogP contribution in [0.25, 0.3) is 0 Å². The minimum absolute atomic E-state index is 0.251. The molecule has 0 aliphatic heterocycles. The summed E-state index contributed by atoms with van der Waals surface area (Å²) in [4.78, 5) is 22.8. The minimum atomic E-state index is -0.582. The van der Waals surface area contributed by atoms with E-state index in [-0.39, 0.29) is 30.5 Å². The van der Waals surface area contributed by atoms with Crippen LogP contribution in [0.5, 0.6) is 0 Å². The van der Waals surface area contributed by atoms with Gasteiger partial charge in [-0.15, -0.1) is 0 Å². The van der Waals surface area contributed by atoms with Gasteiger partial charge in [0.05, 0.1) is 6.04 Å². The van der Waals surface area contributed by atoms with Gasteiger partial charge in [-0.3, -0.25) is 9.59 Å². The second-order valence-electron chi connectivity index (χ2n) is 4.30. The van der Waals surface area contributed by atoms with Crippen LogP contribution < -0.4 is 16.4 Å². The van der Waals surface area contributed by atoms with Gasteiger partial charge < -0.3 is 16.4 Å². The zero-order valence-electron chi connectivity index (χ0n) is 11.0. The fourth-order valence-electron chi connectivity index (χ4n) is 1.36. The molecule has 0 bridgehead atoms. The summed E-state index contributed by atoms with van der Waals surface area (Å²) in [6, 6.07) is 3.70. The van der Waals surface area contributed by atoms with Crippen LogP contribution in [0, 0.1) is 12.7 Å². The van der Waals surface area contributed by atoms with Gasteiger partial charge in [-0.1, -0.05) is 6.07 Å². The molecule has 0 aromatic heterocycles. The van der Waals surface area contributed by atoms with Crippen LogP contribution in [-0.2, 0) is 4.79 Å². The Labute approximate surface area is 111 Å². The Bertz CT molecular complexity index is 475. The van der Waals surface area contributed by atoms with Gasteiger partial charge in [0.15, 0.2) is 0 Å². The van der Waals surface area contributed by atoms with E-state index in [4.69, 9.17) is 5.73 Å². The van der Waals surface area contributed by atoms with Crippen molar-refractivity contribution in [2.75, 3.05) is 13.1 Å². The first-order valence-corrected chi connectivity index (χ1v) is 5.99. The molecule has 1 aromatic carbocycles. The number of benzene rings is 1. The molecule has 0 heterocycles. The maximum absolute atomic E-state index is 13.3. The Kier molecular flexibility index (Phi) is 5.44. The first kappa shape index (κ1) is 15.1. The van der Waals surface area contributed by atoms with Gasteiger partial charge >= 0.3 is 0 Å². The highest BCUT2D eigenvalue weighted by atomic mass is 19.1. The Balaban J connectivity index is 2.39. The maximum atomic E-state index is 13.3. The van der Waals surface area contributed by atoms with E-state index in [0.29, 0.717) is 5.56 Å². The first-order valence-electron chi connectivity index (χ1n) is 5.99. The molecule has 0 unspecified atom stereocenters. The lowest BCUT2D eigenvalue weighted by molar-refractivity contribution is -0.121. The molecule has 104 valence electrons. The van der Waals surface area contributed by atoms with Crippen molar-refractivity contribution in [2.24, 2.45) is 5.73 Å². The predicted molar refractivity (Wildman–Crippen MR) is 70.1 cm³/mol. The molecule has 0 spiro atoms. The number of halogens is 1. The van der Waals surface area contributed by atoms with Crippen molar-refractivity contribution in [3.05, 3.63) is 35.1 Å². The van der Waals surface area contributed by atoms with E-state index in [1.165, 1.54) is 6.07 Å². The van der Waals surface area contributed by atoms with Gasteiger partial charge in [0.25, 0.3) is 5.91 Å². The highest BCUT2D eigenvalue weighted by Crippen LogP contribution is 2.08. The Morgan fingerprint density at radius 3 is 2.53 bits per heavy atom. The fourth-order valence-corrected chi connectivity index (χ4v) is 1.36. The van der Waals surface area contributed by atoms with Gasteiger partial charge in [-0.05, 0) is 31.5 Å². The highest BCUT2D eigenvalue weighted by Gasteiger charge is 2.08. The van der Waals surface area contributed by atoms with Crippen LogP contribution in [0.15, 0.2) is 18.2 Å². The third kappa shape index (κ3) is 4.67.